The number of hydrogen-bond acceptors (Lipinski definition) is 4. The minimum absolute atomic E-state index is 0.297. The number of methoxy groups -OCH3 is 1. The number of nitro groups is 1. The Hall–Kier alpha value is -2.31. The summed E-state index contributed by atoms with van der Waals surface area (Å²) in [6.07, 6.45) is 0. The van der Waals surface area contributed by atoms with Crippen LogP contribution in [-0.2, 0) is 0 Å². The van der Waals surface area contributed by atoms with Crippen molar-refractivity contribution in [2.45, 2.75) is 6.92 Å². The Morgan fingerprint density at radius 1 is 1.62 bits per heavy atom. The molecule has 3 N–H and O–H groups in total. The Morgan fingerprint density at radius 3 is 2.88 bits per heavy atom. The van der Waals surface area contributed by atoms with E-state index in [1.165, 1.54) is 7.11 Å². The zero-order valence-electron chi connectivity index (χ0n) is 8.93. The second kappa shape index (κ2) is 4.96. The zero-order chi connectivity index (χ0) is 12.1. The van der Waals surface area contributed by atoms with Gasteiger partial charge < -0.3 is 10.5 Å². The number of hydrogen-bond donors (Lipinski definition) is 2. The molecule has 1 aromatic carbocycles. The van der Waals surface area contributed by atoms with Crippen LogP contribution in [0.5, 0.6) is 5.75 Å². The summed E-state index contributed by atoms with van der Waals surface area (Å²) in [7, 11) is 1.50. The highest BCUT2D eigenvalue weighted by Crippen LogP contribution is 2.30. The maximum Gasteiger partial charge on any atom is 0.256 e. The molecule has 0 heterocycles. The Bertz CT molecular complexity index is 431. The fourth-order valence-corrected chi connectivity index (χ4v) is 1.24. The molecule has 0 bridgehead atoms. The van der Waals surface area contributed by atoms with Crippen molar-refractivity contribution < 1.29 is 9.77 Å². The van der Waals surface area contributed by atoms with E-state index in [0.29, 0.717) is 11.4 Å². The molecule has 0 unspecified atom stereocenters. The second-order valence-corrected chi connectivity index (χ2v) is 2.99. The number of nitrogens with zero attached hydrogens (tertiary/aromatic N) is 2. The number of guanidine groups is 1. The highest BCUT2D eigenvalue weighted by atomic mass is 16.7. The molecule has 1 rings (SSSR count). The largest absolute Gasteiger partial charge is 0.494 e. The summed E-state index contributed by atoms with van der Waals surface area (Å²) in [5.41, 5.74) is 8.39. The van der Waals surface area contributed by atoms with E-state index in [-0.39, 0.29) is 5.96 Å². The summed E-state index contributed by atoms with van der Waals surface area (Å²) >= 11 is 0. The maximum atomic E-state index is 10.1. The van der Waals surface area contributed by atoms with E-state index in [9.17, 15) is 10.1 Å². The fourth-order valence-electron chi connectivity index (χ4n) is 1.24. The number of ether oxygens (including phenoxy) is 1. The van der Waals surface area contributed by atoms with Gasteiger partial charge in [0, 0.05) is 0 Å². The molecule has 0 spiro atoms. The first-order chi connectivity index (χ1) is 7.54. The molecule has 7 heteroatoms. The predicted octanol–water partition coefficient (Wildman–Crippen LogP) is 0.731. The standard InChI is InChI=1S/C9H12N4O3/c1-6-4-3-5-7(8(6)16-2)11-9(10)12-13(14)15/h3-5H,1-2H3,(H3,10,11,12). The van der Waals surface area contributed by atoms with E-state index in [1.807, 2.05) is 13.0 Å². The molecule has 0 aliphatic heterocycles. The minimum atomic E-state index is -0.777. The zero-order valence-corrected chi connectivity index (χ0v) is 8.93. The second-order valence-electron chi connectivity index (χ2n) is 2.99. The Labute approximate surface area is 92.0 Å². The number of aliphatic imine (C=N–C) groups is 1. The molecule has 1 aromatic rings. The first kappa shape index (κ1) is 11.8. The Balaban J connectivity index is 3.04. The third-order valence-corrected chi connectivity index (χ3v) is 1.84. The lowest BCUT2D eigenvalue weighted by atomic mass is 10.2. The highest BCUT2D eigenvalue weighted by Gasteiger charge is 2.06. The highest BCUT2D eigenvalue weighted by molar-refractivity contribution is 5.81. The van der Waals surface area contributed by atoms with Crippen LogP contribution in [0.3, 0.4) is 0 Å². The van der Waals surface area contributed by atoms with Crippen molar-refractivity contribution >= 4 is 11.6 Å². The lowest BCUT2D eigenvalue weighted by molar-refractivity contribution is -0.525. The minimum Gasteiger partial charge on any atom is -0.494 e. The molecule has 86 valence electrons. The fraction of sp³-hybridized carbons (Fsp3) is 0.222. The van der Waals surface area contributed by atoms with Gasteiger partial charge in [-0.25, -0.2) is 15.1 Å². The molecule has 0 amide bonds. The first-order valence-electron chi connectivity index (χ1n) is 4.43. The molecule has 7 nitrogen and oxygen atoms in total. The summed E-state index contributed by atoms with van der Waals surface area (Å²) in [4.78, 5) is 14.0. The van der Waals surface area contributed by atoms with Crippen molar-refractivity contribution in [3.8, 4) is 5.75 Å². The summed E-state index contributed by atoms with van der Waals surface area (Å²) in [6.45, 7) is 1.84. The lowest BCUT2D eigenvalue weighted by Crippen LogP contribution is -2.35. The van der Waals surface area contributed by atoms with Crippen LogP contribution in [0.4, 0.5) is 5.69 Å². The molecule has 0 aromatic heterocycles. The van der Waals surface area contributed by atoms with Crippen LogP contribution in [0.25, 0.3) is 0 Å². The molecular weight excluding hydrogens is 212 g/mol. The van der Waals surface area contributed by atoms with Crippen LogP contribution in [0.2, 0.25) is 0 Å². The average molecular weight is 224 g/mol. The monoisotopic (exact) mass is 224 g/mol. The van der Waals surface area contributed by atoms with Gasteiger partial charge in [-0.3, -0.25) is 0 Å². The summed E-state index contributed by atoms with van der Waals surface area (Å²) in [6, 6.07) is 5.26. The maximum absolute atomic E-state index is 10.1. The Kier molecular flexibility index (Phi) is 3.65. The smallest absolute Gasteiger partial charge is 0.256 e. The van der Waals surface area contributed by atoms with Gasteiger partial charge in [0.1, 0.15) is 11.4 Å². The average Bonchev–Trinajstić information content (AvgIpc) is 2.16. The molecular formula is C9H12N4O3. The van der Waals surface area contributed by atoms with Gasteiger partial charge in [-0.15, -0.1) is 0 Å². The quantitative estimate of drug-likeness (QED) is 0.341. The number of hydrazine groups is 1. The number of aryl methyl sites for hydroxylation is 1. The Morgan fingerprint density at radius 2 is 2.31 bits per heavy atom. The summed E-state index contributed by atoms with van der Waals surface area (Å²) in [5.74, 6) is 0.240. The van der Waals surface area contributed by atoms with Gasteiger partial charge in [0.05, 0.1) is 7.11 Å². The number of para-hydroxylation sites is 1. The van der Waals surface area contributed by atoms with Gasteiger partial charge in [0.25, 0.3) is 5.96 Å². The van der Waals surface area contributed by atoms with Crippen molar-refractivity contribution in [1.29, 1.82) is 0 Å². The van der Waals surface area contributed by atoms with Crippen LogP contribution in [0.1, 0.15) is 5.56 Å². The molecule has 0 fully saturated rings. The summed E-state index contributed by atoms with van der Waals surface area (Å²) in [5, 5.41) is 9.35. The number of nitrogens with one attached hydrogen (secondary N) is 1. The number of rotatable bonds is 3. The van der Waals surface area contributed by atoms with Crippen molar-refractivity contribution in [3.63, 3.8) is 0 Å². The van der Waals surface area contributed by atoms with Gasteiger partial charge in [-0.05, 0) is 18.6 Å². The SMILES string of the molecule is COc1c(C)cccc1N=C(N)N[N+](=O)[O-]. The van der Waals surface area contributed by atoms with Gasteiger partial charge in [-0.2, -0.15) is 0 Å². The topological polar surface area (TPSA) is 103 Å². The lowest BCUT2D eigenvalue weighted by Gasteiger charge is -2.07. The number of nitrogens with two attached hydrogens (primary N) is 1. The van der Waals surface area contributed by atoms with Crippen molar-refractivity contribution in [2.24, 2.45) is 10.7 Å². The van der Waals surface area contributed by atoms with Crippen LogP contribution in [0.15, 0.2) is 23.2 Å². The van der Waals surface area contributed by atoms with Gasteiger partial charge in [-0.1, -0.05) is 17.6 Å². The molecule has 0 aliphatic carbocycles. The number of benzene rings is 1. The molecule has 0 saturated carbocycles. The first-order valence-corrected chi connectivity index (χ1v) is 4.43. The molecule has 0 aliphatic rings. The van der Waals surface area contributed by atoms with E-state index >= 15 is 0 Å². The molecule has 16 heavy (non-hydrogen) atoms. The molecule has 0 atom stereocenters. The van der Waals surface area contributed by atoms with E-state index in [4.69, 9.17) is 10.5 Å². The van der Waals surface area contributed by atoms with Gasteiger partial charge >= 0.3 is 0 Å². The third kappa shape index (κ3) is 2.84. The van der Waals surface area contributed by atoms with E-state index in [2.05, 4.69) is 4.99 Å². The molecule has 0 saturated heterocycles. The molecule has 0 radical (unpaired) electrons. The van der Waals surface area contributed by atoms with Crippen molar-refractivity contribution in [1.82, 2.24) is 5.43 Å². The van der Waals surface area contributed by atoms with Crippen LogP contribution < -0.4 is 15.9 Å². The van der Waals surface area contributed by atoms with Gasteiger partial charge in [0.15, 0.2) is 5.03 Å². The van der Waals surface area contributed by atoms with Crippen LogP contribution in [-0.4, -0.2) is 18.1 Å². The summed E-state index contributed by atoms with van der Waals surface area (Å²) < 4.78 is 5.12. The van der Waals surface area contributed by atoms with Crippen molar-refractivity contribution in [2.75, 3.05) is 7.11 Å². The van der Waals surface area contributed by atoms with Gasteiger partial charge in [0.2, 0.25) is 0 Å². The third-order valence-electron chi connectivity index (χ3n) is 1.84. The van der Waals surface area contributed by atoms with E-state index in [1.54, 1.807) is 17.6 Å². The van der Waals surface area contributed by atoms with E-state index < -0.39 is 5.03 Å². The van der Waals surface area contributed by atoms with Crippen LogP contribution >= 0.6 is 0 Å². The van der Waals surface area contributed by atoms with Crippen LogP contribution in [0, 0.1) is 17.0 Å². The normalized spacial score (nSPS) is 11.0. The predicted molar refractivity (Wildman–Crippen MR) is 59.1 cm³/mol. The van der Waals surface area contributed by atoms with E-state index in [0.717, 1.165) is 5.56 Å². The van der Waals surface area contributed by atoms with Crippen molar-refractivity contribution in [3.05, 3.63) is 33.9 Å².